The van der Waals surface area contributed by atoms with Gasteiger partial charge in [0, 0.05) is 13.3 Å². The molecule has 0 saturated heterocycles. The minimum atomic E-state index is 0.722. The fourth-order valence-corrected chi connectivity index (χ4v) is 1.08. The molecule has 0 bridgehead atoms. The second-order valence-corrected chi connectivity index (χ2v) is 2.50. The van der Waals surface area contributed by atoms with Gasteiger partial charge in [0.1, 0.15) is 0 Å². The van der Waals surface area contributed by atoms with E-state index in [1.54, 1.807) is 27.5 Å². The fourth-order valence-electron chi connectivity index (χ4n) is 1.08. The van der Waals surface area contributed by atoms with Crippen LogP contribution in [0, 0.1) is 0 Å². The summed E-state index contributed by atoms with van der Waals surface area (Å²) in [5.74, 6) is 1.45. The second kappa shape index (κ2) is 4.50. The number of nitrogens with zero attached hydrogens (tertiary/aromatic N) is 1. The Labute approximate surface area is 78.0 Å². The molecule has 0 spiro atoms. The summed E-state index contributed by atoms with van der Waals surface area (Å²) < 4.78 is 10.2. The summed E-state index contributed by atoms with van der Waals surface area (Å²) in [6, 6.07) is 5.66. The first-order chi connectivity index (χ1) is 6.31. The van der Waals surface area contributed by atoms with E-state index in [1.807, 2.05) is 18.2 Å². The lowest BCUT2D eigenvalue weighted by atomic mass is 10.2. The molecular weight excluding hydrogens is 166 g/mol. The number of hydrogen-bond donors (Lipinski definition) is 0. The molecule has 0 aliphatic rings. The van der Waals surface area contributed by atoms with Crippen molar-refractivity contribution < 1.29 is 9.47 Å². The van der Waals surface area contributed by atoms with Gasteiger partial charge in [0.05, 0.1) is 14.2 Å². The molecule has 1 rings (SSSR count). The first-order valence-electron chi connectivity index (χ1n) is 3.96. The molecule has 0 fully saturated rings. The van der Waals surface area contributed by atoms with Gasteiger partial charge in [-0.3, -0.25) is 4.99 Å². The Morgan fingerprint density at radius 3 is 2.38 bits per heavy atom. The van der Waals surface area contributed by atoms with Crippen LogP contribution < -0.4 is 9.47 Å². The largest absolute Gasteiger partial charge is 0.493 e. The quantitative estimate of drug-likeness (QED) is 0.662. The maximum Gasteiger partial charge on any atom is 0.161 e. The van der Waals surface area contributed by atoms with Crippen LogP contribution in [0.3, 0.4) is 0 Å². The van der Waals surface area contributed by atoms with E-state index in [9.17, 15) is 0 Å². The van der Waals surface area contributed by atoms with Gasteiger partial charge in [-0.25, -0.2) is 0 Å². The van der Waals surface area contributed by atoms with Gasteiger partial charge in [0.15, 0.2) is 11.5 Å². The van der Waals surface area contributed by atoms with Crippen LogP contribution in [0.15, 0.2) is 23.2 Å². The number of aliphatic imine (C=N–C) groups is 1. The van der Waals surface area contributed by atoms with E-state index >= 15 is 0 Å². The van der Waals surface area contributed by atoms with Crippen molar-refractivity contribution in [2.24, 2.45) is 4.99 Å². The van der Waals surface area contributed by atoms with Gasteiger partial charge in [-0.05, 0) is 23.8 Å². The monoisotopic (exact) mass is 179 g/mol. The normalized spacial score (nSPS) is 10.4. The molecule has 0 amide bonds. The standard InChI is InChI=1S/C10H13NO2/c1-11-7-8-4-5-9(12-2)10(6-8)13-3/h4-7H,1-3H3/b11-7+. The van der Waals surface area contributed by atoms with E-state index < -0.39 is 0 Å². The number of hydrogen-bond acceptors (Lipinski definition) is 3. The van der Waals surface area contributed by atoms with Gasteiger partial charge < -0.3 is 9.47 Å². The zero-order valence-corrected chi connectivity index (χ0v) is 8.07. The van der Waals surface area contributed by atoms with Crippen LogP contribution >= 0.6 is 0 Å². The maximum atomic E-state index is 5.14. The topological polar surface area (TPSA) is 30.8 Å². The van der Waals surface area contributed by atoms with Crippen LogP contribution in [0.1, 0.15) is 5.56 Å². The molecular formula is C10H13NO2. The van der Waals surface area contributed by atoms with E-state index in [4.69, 9.17) is 9.47 Å². The average molecular weight is 179 g/mol. The molecule has 0 aliphatic carbocycles. The SMILES string of the molecule is C/N=C/c1ccc(OC)c(OC)c1. The fraction of sp³-hybridized carbons (Fsp3) is 0.300. The zero-order valence-electron chi connectivity index (χ0n) is 8.07. The highest BCUT2D eigenvalue weighted by molar-refractivity contribution is 5.80. The van der Waals surface area contributed by atoms with Crippen LogP contribution in [-0.4, -0.2) is 27.5 Å². The highest BCUT2D eigenvalue weighted by atomic mass is 16.5. The highest BCUT2D eigenvalue weighted by Gasteiger charge is 2.02. The predicted molar refractivity (Wildman–Crippen MR) is 53.1 cm³/mol. The lowest BCUT2D eigenvalue weighted by Crippen LogP contribution is -1.91. The van der Waals surface area contributed by atoms with Crippen molar-refractivity contribution in [1.29, 1.82) is 0 Å². The van der Waals surface area contributed by atoms with E-state index in [0.29, 0.717) is 0 Å². The molecule has 0 N–H and O–H groups in total. The Bertz CT molecular complexity index is 308. The van der Waals surface area contributed by atoms with Crippen LogP contribution in [0.4, 0.5) is 0 Å². The van der Waals surface area contributed by atoms with Gasteiger partial charge in [-0.1, -0.05) is 0 Å². The van der Waals surface area contributed by atoms with Crippen molar-refractivity contribution >= 4 is 6.21 Å². The number of rotatable bonds is 3. The van der Waals surface area contributed by atoms with Crippen molar-refractivity contribution in [3.63, 3.8) is 0 Å². The summed E-state index contributed by atoms with van der Waals surface area (Å²) >= 11 is 0. The zero-order chi connectivity index (χ0) is 9.68. The summed E-state index contributed by atoms with van der Waals surface area (Å²) in [6.45, 7) is 0. The molecule has 13 heavy (non-hydrogen) atoms. The Hall–Kier alpha value is -1.51. The molecule has 3 nitrogen and oxygen atoms in total. The number of benzene rings is 1. The third kappa shape index (κ3) is 2.21. The van der Waals surface area contributed by atoms with Gasteiger partial charge in [-0.2, -0.15) is 0 Å². The Kier molecular flexibility index (Phi) is 3.31. The summed E-state index contributed by atoms with van der Waals surface area (Å²) in [5, 5.41) is 0. The molecule has 0 aromatic heterocycles. The molecule has 0 aliphatic heterocycles. The molecule has 0 atom stereocenters. The van der Waals surface area contributed by atoms with E-state index in [0.717, 1.165) is 17.1 Å². The number of ether oxygens (including phenoxy) is 2. The number of methoxy groups -OCH3 is 2. The Balaban J connectivity index is 3.05. The van der Waals surface area contributed by atoms with Crippen molar-refractivity contribution in [3.8, 4) is 11.5 Å². The summed E-state index contributed by atoms with van der Waals surface area (Å²) in [4.78, 5) is 3.92. The molecule has 0 unspecified atom stereocenters. The van der Waals surface area contributed by atoms with Crippen LogP contribution in [-0.2, 0) is 0 Å². The molecule has 1 aromatic carbocycles. The van der Waals surface area contributed by atoms with Crippen molar-refractivity contribution in [2.75, 3.05) is 21.3 Å². The van der Waals surface area contributed by atoms with E-state index in [2.05, 4.69) is 4.99 Å². The molecule has 0 heterocycles. The minimum Gasteiger partial charge on any atom is -0.493 e. The average Bonchev–Trinajstić information content (AvgIpc) is 2.18. The smallest absolute Gasteiger partial charge is 0.161 e. The third-order valence-electron chi connectivity index (χ3n) is 1.69. The predicted octanol–water partition coefficient (Wildman–Crippen LogP) is 1.75. The van der Waals surface area contributed by atoms with E-state index in [1.165, 1.54) is 0 Å². The van der Waals surface area contributed by atoms with Gasteiger partial charge >= 0.3 is 0 Å². The molecule has 0 radical (unpaired) electrons. The van der Waals surface area contributed by atoms with Crippen LogP contribution in [0.2, 0.25) is 0 Å². The third-order valence-corrected chi connectivity index (χ3v) is 1.69. The molecule has 70 valence electrons. The van der Waals surface area contributed by atoms with Gasteiger partial charge in [-0.15, -0.1) is 0 Å². The second-order valence-electron chi connectivity index (χ2n) is 2.50. The Morgan fingerprint density at radius 2 is 1.85 bits per heavy atom. The van der Waals surface area contributed by atoms with Crippen LogP contribution in [0.5, 0.6) is 11.5 Å². The lowest BCUT2D eigenvalue weighted by molar-refractivity contribution is 0.355. The summed E-state index contributed by atoms with van der Waals surface area (Å²) in [5.41, 5.74) is 1.00. The highest BCUT2D eigenvalue weighted by Crippen LogP contribution is 2.26. The Morgan fingerprint density at radius 1 is 1.15 bits per heavy atom. The van der Waals surface area contributed by atoms with Gasteiger partial charge in [0.2, 0.25) is 0 Å². The lowest BCUT2D eigenvalue weighted by Gasteiger charge is -2.07. The van der Waals surface area contributed by atoms with Crippen molar-refractivity contribution in [2.45, 2.75) is 0 Å². The summed E-state index contributed by atoms with van der Waals surface area (Å²) in [6.07, 6.45) is 1.77. The molecule has 0 saturated carbocycles. The van der Waals surface area contributed by atoms with Crippen molar-refractivity contribution in [3.05, 3.63) is 23.8 Å². The first kappa shape index (κ1) is 9.58. The van der Waals surface area contributed by atoms with Gasteiger partial charge in [0.25, 0.3) is 0 Å². The maximum absolute atomic E-state index is 5.14. The van der Waals surface area contributed by atoms with Crippen LogP contribution in [0.25, 0.3) is 0 Å². The summed E-state index contributed by atoms with van der Waals surface area (Å²) in [7, 11) is 4.97. The van der Waals surface area contributed by atoms with E-state index in [-0.39, 0.29) is 0 Å². The molecule has 3 heteroatoms. The minimum absolute atomic E-state index is 0.722. The van der Waals surface area contributed by atoms with Crippen molar-refractivity contribution in [1.82, 2.24) is 0 Å². The first-order valence-corrected chi connectivity index (χ1v) is 3.96. The molecule has 1 aromatic rings.